The second-order valence-corrected chi connectivity index (χ2v) is 6.52. The maximum absolute atomic E-state index is 12.8. The van der Waals surface area contributed by atoms with Gasteiger partial charge in [0.05, 0.1) is 6.42 Å². The molecule has 3 amide bonds. The molecule has 0 aromatic heterocycles. The number of halogens is 1. The quantitative estimate of drug-likeness (QED) is 0.473. The average molecular weight is 362 g/mol. The number of imide groups is 1. The van der Waals surface area contributed by atoms with E-state index in [-0.39, 0.29) is 24.4 Å². The Labute approximate surface area is 149 Å². The number of Topliss-reactive ketones (excluding diaryl/α,β-unsaturated/α-hetero) is 1. The number of nitrogens with zero attached hydrogens (tertiary/aromatic N) is 1. The summed E-state index contributed by atoms with van der Waals surface area (Å²) >= 11 is 0. The maximum Gasteiger partial charge on any atom is 0.325 e. The molecule has 0 bridgehead atoms. The van der Waals surface area contributed by atoms with Gasteiger partial charge in [-0.25, -0.2) is 9.18 Å². The van der Waals surface area contributed by atoms with E-state index in [0.717, 1.165) is 29.9 Å². The summed E-state index contributed by atoms with van der Waals surface area (Å²) < 4.78 is 17.7. The van der Waals surface area contributed by atoms with Crippen LogP contribution in [0.4, 0.5) is 9.18 Å². The van der Waals surface area contributed by atoms with E-state index in [9.17, 15) is 23.6 Å². The first-order valence-corrected chi connectivity index (χ1v) is 8.50. The number of amides is 3. The van der Waals surface area contributed by atoms with Gasteiger partial charge in [0.25, 0.3) is 5.91 Å². The maximum atomic E-state index is 12.8. The first-order chi connectivity index (χ1) is 12.4. The fraction of sp³-hybridized carbons (Fsp3) is 0.444. The molecule has 0 radical (unpaired) electrons. The van der Waals surface area contributed by atoms with E-state index in [1.807, 2.05) is 0 Å². The Hall–Kier alpha value is -2.77. The van der Waals surface area contributed by atoms with E-state index < -0.39 is 35.7 Å². The highest BCUT2D eigenvalue weighted by Crippen LogP contribution is 2.35. The first-order valence-electron chi connectivity index (χ1n) is 8.50. The highest BCUT2D eigenvalue weighted by molar-refractivity contribution is 6.07. The third-order valence-electron chi connectivity index (χ3n) is 4.77. The number of urea groups is 1. The molecule has 1 heterocycles. The lowest BCUT2D eigenvalue weighted by atomic mass is 9.98. The van der Waals surface area contributed by atoms with Crippen molar-refractivity contribution in [3.8, 4) is 0 Å². The van der Waals surface area contributed by atoms with Crippen molar-refractivity contribution in [3.05, 3.63) is 35.6 Å². The number of carbonyl (C=O) groups excluding carboxylic acids is 4. The molecule has 0 unspecified atom stereocenters. The summed E-state index contributed by atoms with van der Waals surface area (Å²) in [5.41, 5.74) is -0.573. The molecule has 1 aliphatic heterocycles. The zero-order valence-corrected chi connectivity index (χ0v) is 14.1. The molecule has 0 atom stereocenters. The Morgan fingerprint density at radius 2 is 1.81 bits per heavy atom. The third-order valence-corrected chi connectivity index (χ3v) is 4.77. The summed E-state index contributed by atoms with van der Waals surface area (Å²) in [6.45, 7) is -0.565. The van der Waals surface area contributed by atoms with Gasteiger partial charge in [-0.05, 0) is 37.1 Å². The van der Waals surface area contributed by atoms with Gasteiger partial charge < -0.3 is 10.1 Å². The van der Waals surface area contributed by atoms with Crippen LogP contribution in [0.1, 0.15) is 42.5 Å². The minimum absolute atomic E-state index is 0.0873. The third kappa shape index (κ3) is 3.58. The molecule has 1 spiro atoms. The van der Waals surface area contributed by atoms with Gasteiger partial charge in [0.1, 0.15) is 11.4 Å². The highest BCUT2D eigenvalue weighted by atomic mass is 19.1. The summed E-state index contributed by atoms with van der Waals surface area (Å²) in [4.78, 5) is 49.1. The van der Waals surface area contributed by atoms with Crippen molar-refractivity contribution in [2.75, 3.05) is 13.2 Å². The van der Waals surface area contributed by atoms with Gasteiger partial charge in [-0.2, -0.15) is 0 Å². The highest BCUT2D eigenvalue weighted by Gasteiger charge is 2.52. The van der Waals surface area contributed by atoms with Crippen molar-refractivity contribution < 1.29 is 28.3 Å². The molecule has 7 nitrogen and oxygen atoms in total. The molecule has 1 aliphatic carbocycles. The van der Waals surface area contributed by atoms with Crippen LogP contribution >= 0.6 is 0 Å². The molecule has 1 saturated carbocycles. The second kappa shape index (κ2) is 7.23. The lowest BCUT2D eigenvalue weighted by Gasteiger charge is -2.19. The summed E-state index contributed by atoms with van der Waals surface area (Å²) in [7, 11) is 0. The van der Waals surface area contributed by atoms with Gasteiger partial charge in [-0.15, -0.1) is 0 Å². The van der Waals surface area contributed by atoms with E-state index >= 15 is 0 Å². The van der Waals surface area contributed by atoms with Crippen LogP contribution in [0.5, 0.6) is 0 Å². The summed E-state index contributed by atoms with van der Waals surface area (Å²) in [5, 5.41) is 2.73. The van der Waals surface area contributed by atoms with Crippen LogP contribution in [0, 0.1) is 5.82 Å². The molecule has 2 fully saturated rings. The van der Waals surface area contributed by atoms with Gasteiger partial charge in [0, 0.05) is 12.1 Å². The number of ether oxygens (including phenoxy) is 1. The molecule has 3 rings (SSSR count). The predicted octanol–water partition coefficient (Wildman–Crippen LogP) is 1.81. The molecule has 8 heteroatoms. The van der Waals surface area contributed by atoms with Crippen LogP contribution in [0.15, 0.2) is 24.3 Å². The van der Waals surface area contributed by atoms with E-state index in [1.54, 1.807) is 0 Å². The Bertz CT molecular complexity index is 740. The standard InChI is InChI=1S/C18H19FN2O5/c19-13-5-3-12(4-6-13)14(22)11-26-15(23)7-10-21-16(24)18(20-17(21)25)8-1-2-9-18/h3-6H,1-2,7-11H2,(H,20,25). The normalized spacial score (nSPS) is 18.3. The Kier molecular flexibility index (Phi) is 5.01. The number of carbonyl (C=O) groups is 4. The van der Waals surface area contributed by atoms with Crippen molar-refractivity contribution in [1.29, 1.82) is 0 Å². The van der Waals surface area contributed by atoms with Crippen LogP contribution in [-0.2, 0) is 14.3 Å². The predicted molar refractivity (Wildman–Crippen MR) is 87.8 cm³/mol. The largest absolute Gasteiger partial charge is 0.457 e. The van der Waals surface area contributed by atoms with Gasteiger partial charge in [0.2, 0.25) is 0 Å². The number of hydrogen-bond acceptors (Lipinski definition) is 5. The van der Waals surface area contributed by atoms with Crippen LogP contribution in [0.3, 0.4) is 0 Å². The Morgan fingerprint density at radius 1 is 1.15 bits per heavy atom. The zero-order chi connectivity index (χ0) is 18.7. The number of benzene rings is 1. The zero-order valence-electron chi connectivity index (χ0n) is 14.1. The SMILES string of the molecule is O=C(CCN1C(=O)NC2(CCCC2)C1=O)OCC(=O)c1ccc(F)cc1. The molecular weight excluding hydrogens is 343 g/mol. The summed E-state index contributed by atoms with van der Waals surface area (Å²) in [6, 6.07) is 4.41. The molecule has 2 aliphatic rings. The van der Waals surface area contributed by atoms with Crippen LogP contribution in [-0.4, -0.2) is 47.3 Å². The Morgan fingerprint density at radius 3 is 2.46 bits per heavy atom. The number of nitrogens with one attached hydrogen (secondary N) is 1. The lowest BCUT2D eigenvalue weighted by molar-refractivity contribution is -0.143. The van der Waals surface area contributed by atoms with Crippen molar-refractivity contribution in [3.63, 3.8) is 0 Å². The minimum atomic E-state index is -0.806. The monoisotopic (exact) mass is 362 g/mol. The van der Waals surface area contributed by atoms with Crippen molar-refractivity contribution in [1.82, 2.24) is 10.2 Å². The van der Waals surface area contributed by atoms with Crippen molar-refractivity contribution in [2.24, 2.45) is 0 Å². The molecule has 1 N–H and O–H groups in total. The lowest BCUT2D eigenvalue weighted by Crippen LogP contribution is -2.44. The van der Waals surface area contributed by atoms with Gasteiger partial charge in [-0.3, -0.25) is 19.3 Å². The van der Waals surface area contributed by atoms with Crippen LogP contribution < -0.4 is 5.32 Å². The Balaban J connectivity index is 1.47. The molecule has 1 saturated heterocycles. The first kappa shape index (κ1) is 18.0. The fourth-order valence-corrected chi connectivity index (χ4v) is 3.34. The number of esters is 1. The second-order valence-electron chi connectivity index (χ2n) is 6.52. The van der Waals surface area contributed by atoms with Gasteiger partial charge in [0.15, 0.2) is 12.4 Å². The fourth-order valence-electron chi connectivity index (χ4n) is 3.34. The molecule has 1 aromatic rings. The van der Waals surface area contributed by atoms with Gasteiger partial charge in [-0.1, -0.05) is 12.8 Å². The molecular formula is C18H19FN2O5. The topological polar surface area (TPSA) is 92.8 Å². The molecule has 26 heavy (non-hydrogen) atoms. The van der Waals surface area contributed by atoms with Crippen LogP contribution in [0.2, 0.25) is 0 Å². The van der Waals surface area contributed by atoms with Gasteiger partial charge >= 0.3 is 12.0 Å². The summed E-state index contributed by atoms with van der Waals surface area (Å²) in [6.07, 6.45) is 2.81. The van der Waals surface area contributed by atoms with E-state index in [2.05, 4.69) is 5.32 Å². The molecule has 1 aromatic carbocycles. The van der Waals surface area contributed by atoms with E-state index in [0.29, 0.717) is 12.8 Å². The number of ketones is 1. The smallest absolute Gasteiger partial charge is 0.325 e. The minimum Gasteiger partial charge on any atom is -0.457 e. The van der Waals surface area contributed by atoms with Crippen LogP contribution in [0.25, 0.3) is 0 Å². The van der Waals surface area contributed by atoms with Crippen molar-refractivity contribution >= 4 is 23.7 Å². The van der Waals surface area contributed by atoms with Crippen molar-refractivity contribution in [2.45, 2.75) is 37.6 Å². The number of hydrogen-bond donors (Lipinski definition) is 1. The molecule has 138 valence electrons. The number of rotatable bonds is 6. The summed E-state index contributed by atoms with van der Waals surface area (Å²) in [5.74, 6) is -1.91. The van der Waals surface area contributed by atoms with E-state index in [4.69, 9.17) is 4.74 Å². The van der Waals surface area contributed by atoms with E-state index in [1.165, 1.54) is 12.1 Å². The average Bonchev–Trinajstić information content (AvgIpc) is 3.18.